The van der Waals surface area contributed by atoms with Gasteiger partial charge in [0, 0.05) is 12.0 Å². The maximum atomic E-state index is 11.4. The lowest BCUT2D eigenvalue weighted by Crippen LogP contribution is -2.28. The summed E-state index contributed by atoms with van der Waals surface area (Å²) < 4.78 is 5.36. The van der Waals surface area contributed by atoms with Crippen LogP contribution in [0.15, 0.2) is 28.9 Å². The van der Waals surface area contributed by atoms with Crippen LogP contribution in [0.5, 0.6) is 0 Å². The number of hydrogen-bond donors (Lipinski definition) is 1. The average Bonchev–Trinajstić information content (AvgIpc) is 2.67. The lowest BCUT2D eigenvalue weighted by atomic mass is 9.93. The molecule has 1 aliphatic rings. The van der Waals surface area contributed by atoms with E-state index in [9.17, 15) is 4.79 Å². The maximum absolute atomic E-state index is 11.4. The van der Waals surface area contributed by atoms with Crippen LogP contribution in [0, 0.1) is 0 Å². The maximum Gasteiger partial charge on any atom is 0.244 e. The molecular formula is C12H15NO2. The molecule has 1 amide bonds. The van der Waals surface area contributed by atoms with Gasteiger partial charge in [0.05, 0.1) is 12.3 Å². The molecule has 15 heavy (non-hydrogen) atoms. The summed E-state index contributed by atoms with van der Waals surface area (Å²) >= 11 is 0. The van der Waals surface area contributed by atoms with Crippen molar-refractivity contribution in [1.29, 1.82) is 0 Å². The summed E-state index contributed by atoms with van der Waals surface area (Å²) in [5, 5.41) is 2.98. The molecular weight excluding hydrogens is 190 g/mol. The standard InChI is InChI=1S/C12H15NO2/c1-2-4-12(14)13-10-5-3-6-11-9(10)7-8-15-11/h2,4,7-8,10H,3,5-6H2,1H3,(H,13,14)/b4-2+. The SMILES string of the molecule is C/C=C/C(=O)NC1CCCc2occc21. The lowest BCUT2D eigenvalue weighted by Gasteiger charge is -2.21. The second kappa shape index (κ2) is 4.34. The number of amides is 1. The quantitative estimate of drug-likeness (QED) is 0.753. The number of carbonyl (C=O) groups is 1. The van der Waals surface area contributed by atoms with Crippen LogP contribution in [-0.2, 0) is 11.2 Å². The van der Waals surface area contributed by atoms with Gasteiger partial charge in [-0.1, -0.05) is 6.08 Å². The Morgan fingerprint density at radius 3 is 3.33 bits per heavy atom. The number of rotatable bonds is 2. The Morgan fingerprint density at radius 2 is 2.53 bits per heavy atom. The molecule has 1 aliphatic carbocycles. The van der Waals surface area contributed by atoms with Crippen LogP contribution in [0.1, 0.15) is 37.1 Å². The molecule has 0 saturated carbocycles. The van der Waals surface area contributed by atoms with Gasteiger partial charge in [-0.05, 0) is 31.9 Å². The van der Waals surface area contributed by atoms with E-state index in [1.807, 2.05) is 13.0 Å². The first-order valence-corrected chi connectivity index (χ1v) is 5.30. The van der Waals surface area contributed by atoms with E-state index >= 15 is 0 Å². The number of nitrogens with one attached hydrogen (secondary N) is 1. The van der Waals surface area contributed by atoms with Crippen molar-refractivity contribution in [2.24, 2.45) is 0 Å². The van der Waals surface area contributed by atoms with Crippen molar-refractivity contribution in [1.82, 2.24) is 5.32 Å². The number of hydrogen-bond acceptors (Lipinski definition) is 2. The van der Waals surface area contributed by atoms with E-state index in [4.69, 9.17) is 4.42 Å². The Labute approximate surface area is 89.2 Å². The third kappa shape index (κ3) is 2.12. The highest BCUT2D eigenvalue weighted by Crippen LogP contribution is 2.30. The van der Waals surface area contributed by atoms with Crippen LogP contribution in [0.2, 0.25) is 0 Å². The number of fused-ring (bicyclic) bond motifs is 1. The second-order valence-electron chi connectivity index (χ2n) is 3.75. The third-order valence-electron chi connectivity index (χ3n) is 2.69. The van der Waals surface area contributed by atoms with Crippen molar-refractivity contribution < 1.29 is 9.21 Å². The predicted molar refractivity (Wildman–Crippen MR) is 57.3 cm³/mol. The summed E-state index contributed by atoms with van der Waals surface area (Å²) in [5.74, 6) is 0.989. The second-order valence-corrected chi connectivity index (χ2v) is 3.75. The van der Waals surface area contributed by atoms with Crippen molar-refractivity contribution in [2.45, 2.75) is 32.2 Å². The van der Waals surface area contributed by atoms with Gasteiger partial charge in [0.1, 0.15) is 5.76 Å². The summed E-state index contributed by atoms with van der Waals surface area (Å²) in [6.07, 6.45) is 8.04. The van der Waals surface area contributed by atoms with Gasteiger partial charge in [0.25, 0.3) is 0 Å². The topological polar surface area (TPSA) is 42.2 Å². The zero-order valence-electron chi connectivity index (χ0n) is 8.82. The summed E-state index contributed by atoms with van der Waals surface area (Å²) in [7, 11) is 0. The minimum atomic E-state index is -0.0310. The van der Waals surface area contributed by atoms with Gasteiger partial charge in [-0.25, -0.2) is 0 Å². The Kier molecular flexibility index (Phi) is 2.90. The third-order valence-corrected chi connectivity index (χ3v) is 2.69. The van der Waals surface area contributed by atoms with E-state index in [-0.39, 0.29) is 11.9 Å². The van der Waals surface area contributed by atoms with E-state index in [1.165, 1.54) is 0 Å². The van der Waals surface area contributed by atoms with Crippen LogP contribution in [0.4, 0.5) is 0 Å². The molecule has 0 spiro atoms. The van der Waals surface area contributed by atoms with Gasteiger partial charge in [0.15, 0.2) is 0 Å². The predicted octanol–water partition coefficient (Wildman–Crippen LogP) is 2.35. The van der Waals surface area contributed by atoms with Crippen molar-refractivity contribution in [3.63, 3.8) is 0 Å². The number of aryl methyl sites for hydroxylation is 1. The molecule has 0 radical (unpaired) electrons. The fraction of sp³-hybridized carbons (Fsp3) is 0.417. The van der Waals surface area contributed by atoms with Gasteiger partial charge in [0.2, 0.25) is 5.91 Å². The average molecular weight is 205 g/mol. The van der Waals surface area contributed by atoms with Gasteiger partial charge in [-0.2, -0.15) is 0 Å². The molecule has 1 aromatic heterocycles. The minimum Gasteiger partial charge on any atom is -0.469 e. The molecule has 0 aromatic carbocycles. The molecule has 1 unspecified atom stereocenters. The molecule has 3 nitrogen and oxygen atoms in total. The molecule has 2 rings (SSSR count). The normalized spacial score (nSPS) is 20.2. The molecule has 0 saturated heterocycles. The lowest BCUT2D eigenvalue weighted by molar-refractivity contribution is -0.117. The van der Waals surface area contributed by atoms with Crippen molar-refractivity contribution >= 4 is 5.91 Å². The van der Waals surface area contributed by atoms with Crippen LogP contribution in [0.25, 0.3) is 0 Å². The largest absolute Gasteiger partial charge is 0.469 e. The van der Waals surface area contributed by atoms with Crippen molar-refractivity contribution in [2.75, 3.05) is 0 Å². The highest BCUT2D eigenvalue weighted by molar-refractivity contribution is 5.87. The molecule has 3 heteroatoms. The fourth-order valence-electron chi connectivity index (χ4n) is 2.01. The first-order chi connectivity index (χ1) is 7.31. The highest BCUT2D eigenvalue weighted by atomic mass is 16.3. The molecule has 1 N–H and O–H groups in total. The van der Waals surface area contributed by atoms with E-state index in [0.29, 0.717) is 0 Å². The number of furan rings is 1. The summed E-state index contributed by atoms with van der Waals surface area (Å²) in [5.41, 5.74) is 1.14. The Hall–Kier alpha value is -1.51. The smallest absolute Gasteiger partial charge is 0.244 e. The van der Waals surface area contributed by atoms with Crippen LogP contribution >= 0.6 is 0 Å². The molecule has 80 valence electrons. The Bertz CT molecular complexity index is 379. The molecule has 1 aromatic rings. The summed E-state index contributed by atoms with van der Waals surface area (Å²) in [6, 6.07) is 2.07. The fourth-order valence-corrected chi connectivity index (χ4v) is 2.01. The van der Waals surface area contributed by atoms with Gasteiger partial charge in [-0.15, -0.1) is 0 Å². The molecule has 0 fully saturated rings. The minimum absolute atomic E-state index is 0.0310. The zero-order valence-corrected chi connectivity index (χ0v) is 8.82. The van der Waals surface area contributed by atoms with Crippen LogP contribution in [-0.4, -0.2) is 5.91 Å². The van der Waals surface area contributed by atoms with E-state index in [1.54, 1.807) is 18.4 Å². The Morgan fingerprint density at radius 1 is 1.67 bits per heavy atom. The highest BCUT2D eigenvalue weighted by Gasteiger charge is 2.23. The Balaban J connectivity index is 2.09. The molecule has 0 bridgehead atoms. The molecule has 1 atom stereocenters. The first kappa shape index (κ1) is 10.0. The number of carbonyl (C=O) groups excluding carboxylic acids is 1. The summed E-state index contributed by atoms with van der Waals surface area (Å²) in [6.45, 7) is 1.84. The van der Waals surface area contributed by atoms with Gasteiger partial charge < -0.3 is 9.73 Å². The van der Waals surface area contributed by atoms with Gasteiger partial charge in [-0.3, -0.25) is 4.79 Å². The van der Waals surface area contributed by atoms with Crippen molar-refractivity contribution in [3.8, 4) is 0 Å². The summed E-state index contributed by atoms with van der Waals surface area (Å²) in [4.78, 5) is 11.4. The van der Waals surface area contributed by atoms with Crippen LogP contribution < -0.4 is 5.32 Å². The van der Waals surface area contributed by atoms with Crippen LogP contribution in [0.3, 0.4) is 0 Å². The first-order valence-electron chi connectivity index (χ1n) is 5.30. The van der Waals surface area contributed by atoms with Gasteiger partial charge >= 0.3 is 0 Å². The van der Waals surface area contributed by atoms with E-state index in [0.717, 1.165) is 30.6 Å². The van der Waals surface area contributed by atoms with E-state index in [2.05, 4.69) is 5.32 Å². The monoisotopic (exact) mass is 205 g/mol. The number of allylic oxidation sites excluding steroid dienone is 1. The molecule has 1 heterocycles. The zero-order chi connectivity index (χ0) is 10.7. The van der Waals surface area contributed by atoms with E-state index < -0.39 is 0 Å². The van der Waals surface area contributed by atoms with Crippen molar-refractivity contribution in [3.05, 3.63) is 35.8 Å². The molecule has 0 aliphatic heterocycles.